The molecule has 0 bridgehead atoms. The molecule has 1 heterocycles. The Balaban J connectivity index is 0.00000312. The molecule has 5 nitrogen and oxygen atoms in total. The lowest BCUT2D eigenvalue weighted by atomic mass is 10.0. The number of rotatable bonds is 5. The van der Waals surface area contributed by atoms with E-state index in [2.05, 4.69) is 22.5 Å². The molecule has 140 valence electrons. The summed E-state index contributed by atoms with van der Waals surface area (Å²) in [5.74, 6) is 0.912. The first kappa shape index (κ1) is 22.0. The number of hydrogen-bond acceptors (Lipinski definition) is 2. The Morgan fingerprint density at radius 2 is 2.16 bits per heavy atom. The predicted molar refractivity (Wildman–Crippen MR) is 115 cm³/mol. The quantitative estimate of drug-likeness (QED) is 0.387. The van der Waals surface area contributed by atoms with Crippen LogP contribution in [0.1, 0.15) is 38.2 Å². The van der Waals surface area contributed by atoms with Crippen LogP contribution in [0.3, 0.4) is 0 Å². The van der Waals surface area contributed by atoms with E-state index in [9.17, 15) is 4.79 Å². The van der Waals surface area contributed by atoms with E-state index in [0.29, 0.717) is 31.5 Å². The SMILES string of the molecule is CN=C(NCCC(=O)N1CCCCC1C)NCc1cccc(Cl)c1.I. The number of nitrogens with one attached hydrogen (secondary N) is 2. The zero-order valence-electron chi connectivity index (χ0n) is 14.9. The topological polar surface area (TPSA) is 56.7 Å². The first-order chi connectivity index (χ1) is 11.6. The number of hydrogen-bond donors (Lipinski definition) is 2. The highest BCUT2D eigenvalue weighted by Gasteiger charge is 2.22. The molecular formula is C18H28ClIN4O. The highest BCUT2D eigenvalue weighted by atomic mass is 127. The third-order valence-electron chi connectivity index (χ3n) is 4.33. The van der Waals surface area contributed by atoms with E-state index >= 15 is 0 Å². The van der Waals surface area contributed by atoms with Gasteiger partial charge in [0.1, 0.15) is 0 Å². The number of guanidine groups is 1. The summed E-state index contributed by atoms with van der Waals surface area (Å²) in [6, 6.07) is 8.07. The Hall–Kier alpha value is -1.02. The van der Waals surface area contributed by atoms with Gasteiger partial charge in [-0.2, -0.15) is 0 Å². The van der Waals surface area contributed by atoms with Gasteiger partial charge in [0.25, 0.3) is 0 Å². The minimum absolute atomic E-state index is 0. The molecule has 1 aliphatic rings. The van der Waals surface area contributed by atoms with Gasteiger partial charge in [-0.15, -0.1) is 24.0 Å². The summed E-state index contributed by atoms with van der Waals surface area (Å²) < 4.78 is 0. The minimum Gasteiger partial charge on any atom is -0.356 e. The van der Waals surface area contributed by atoms with Crippen molar-refractivity contribution in [3.63, 3.8) is 0 Å². The summed E-state index contributed by atoms with van der Waals surface area (Å²) >= 11 is 5.98. The van der Waals surface area contributed by atoms with Crippen molar-refractivity contribution in [1.29, 1.82) is 0 Å². The van der Waals surface area contributed by atoms with Crippen LogP contribution in [0.2, 0.25) is 5.02 Å². The van der Waals surface area contributed by atoms with Crippen LogP contribution in [0.15, 0.2) is 29.3 Å². The van der Waals surface area contributed by atoms with Crippen molar-refractivity contribution >= 4 is 47.4 Å². The number of amides is 1. The Morgan fingerprint density at radius 1 is 1.36 bits per heavy atom. The van der Waals surface area contributed by atoms with E-state index in [1.807, 2.05) is 29.2 Å². The molecule has 1 saturated heterocycles. The predicted octanol–water partition coefficient (Wildman–Crippen LogP) is 3.41. The molecule has 2 rings (SSSR count). The number of halogens is 2. The standard InChI is InChI=1S/C18H27ClN4O.HI/c1-14-6-3-4-11-23(14)17(24)9-10-21-18(20-2)22-13-15-7-5-8-16(19)12-15;/h5,7-8,12,14H,3-4,6,9-11,13H2,1-2H3,(H2,20,21,22);1H. The van der Waals surface area contributed by atoms with Crippen LogP contribution in [-0.2, 0) is 11.3 Å². The lowest BCUT2D eigenvalue weighted by Gasteiger charge is -2.33. The number of carbonyl (C=O) groups is 1. The van der Waals surface area contributed by atoms with E-state index in [-0.39, 0.29) is 29.9 Å². The molecule has 2 N–H and O–H groups in total. The first-order valence-electron chi connectivity index (χ1n) is 8.58. The van der Waals surface area contributed by atoms with Gasteiger partial charge in [0.15, 0.2) is 5.96 Å². The number of nitrogens with zero attached hydrogens (tertiary/aromatic N) is 2. The second-order valence-corrected chi connectivity index (χ2v) is 6.60. The Kier molecular flexibility index (Phi) is 10.2. The van der Waals surface area contributed by atoms with Crippen molar-refractivity contribution < 1.29 is 4.79 Å². The highest BCUT2D eigenvalue weighted by molar-refractivity contribution is 14.0. The maximum absolute atomic E-state index is 12.3. The van der Waals surface area contributed by atoms with Gasteiger partial charge < -0.3 is 15.5 Å². The Morgan fingerprint density at radius 3 is 2.84 bits per heavy atom. The molecule has 1 aromatic rings. The number of carbonyl (C=O) groups excluding carboxylic acids is 1. The Labute approximate surface area is 172 Å². The van der Waals surface area contributed by atoms with E-state index in [1.54, 1.807) is 7.05 Å². The lowest BCUT2D eigenvalue weighted by molar-refractivity contribution is -0.134. The summed E-state index contributed by atoms with van der Waals surface area (Å²) in [6.45, 7) is 4.24. The summed E-state index contributed by atoms with van der Waals surface area (Å²) in [7, 11) is 1.72. The van der Waals surface area contributed by atoms with E-state index in [0.717, 1.165) is 30.0 Å². The zero-order chi connectivity index (χ0) is 17.4. The number of piperidine rings is 1. The average molecular weight is 479 g/mol. The number of benzene rings is 1. The molecule has 0 radical (unpaired) electrons. The monoisotopic (exact) mass is 478 g/mol. The largest absolute Gasteiger partial charge is 0.356 e. The lowest BCUT2D eigenvalue weighted by Crippen LogP contribution is -2.44. The van der Waals surface area contributed by atoms with Crippen LogP contribution >= 0.6 is 35.6 Å². The summed E-state index contributed by atoms with van der Waals surface area (Å²) in [6.07, 6.45) is 3.94. The maximum atomic E-state index is 12.3. The van der Waals surface area contributed by atoms with Gasteiger partial charge in [-0.05, 0) is 43.9 Å². The van der Waals surface area contributed by atoms with E-state index < -0.39 is 0 Å². The fourth-order valence-corrected chi connectivity index (χ4v) is 3.17. The van der Waals surface area contributed by atoms with Crippen molar-refractivity contribution in [3.05, 3.63) is 34.9 Å². The van der Waals surface area contributed by atoms with E-state index in [1.165, 1.54) is 6.42 Å². The van der Waals surface area contributed by atoms with Gasteiger partial charge in [-0.25, -0.2) is 0 Å². The maximum Gasteiger partial charge on any atom is 0.224 e. The fourth-order valence-electron chi connectivity index (χ4n) is 2.95. The highest BCUT2D eigenvalue weighted by Crippen LogP contribution is 2.17. The summed E-state index contributed by atoms with van der Waals surface area (Å²) in [5.41, 5.74) is 1.09. The van der Waals surface area contributed by atoms with E-state index in [4.69, 9.17) is 11.6 Å². The van der Waals surface area contributed by atoms with Crippen molar-refractivity contribution in [1.82, 2.24) is 15.5 Å². The van der Waals surface area contributed by atoms with Crippen molar-refractivity contribution in [2.75, 3.05) is 20.1 Å². The first-order valence-corrected chi connectivity index (χ1v) is 8.96. The number of aliphatic imine (C=N–C) groups is 1. The van der Waals surface area contributed by atoms with Gasteiger partial charge in [0.05, 0.1) is 0 Å². The van der Waals surface area contributed by atoms with Crippen molar-refractivity contribution in [3.8, 4) is 0 Å². The van der Waals surface area contributed by atoms with Crippen LogP contribution in [0.25, 0.3) is 0 Å². The zero-order valence-corrected chi connectivity index (χ0v) is 18.0. The summed E-state index contributed by atoms with van der Waals surface area (Å²) in [4.78, 5) is 18.5. The fraction of sp³-hybridized carbons (Fsp3) is 0.556. The summed E-state index contributed by atoms with van der Waals surface area (Å²) in [5, 5.41) is 7.15. The van der Waals surface area contributed by atoms with Crippen LogP contribution in [0, 0.1) is 0 Å². The van der Waals surface area contributed by atoms with Gasteiger partial charge in [-0.3, -0.25) is 9.79 Å². The third kappa shape index (κ3) is 7.40. The third-order valence-corrected chi connectivity index (χ3v) is 4.56. The molecule has 1 aliphatic heterocycles. The molecular weight excluding hydrogens is 451 g/mol. The normalized spacial score (nSPS) is 17.6. The molecule has 0 aromatic heterocycles. The molecule has 1 amide bonds. The molecule has 7 heteroatoms. The van der Waals surface area contributed by atoms with Gasteiger partial charge >= 0.3 is 0 Å². The Bertz CT molecular complexity index is 582. The van der Waals surface area contributed by atoms with Crippen LogP contribution in [-0.4, -0.2) is 42.9 Å². The molecule has 1 unspecified atom stereocenters. The molecule has 0 saturated carbocycles. The van der Waals surface area contributed by atoms with Gasteiger partial charge in [0, 0.05) is 44.2 Å². The molecule has 1 aromatic carbocycles. The molecule has 25 heavy (non-hydrogen) atoms. The molecule has 0 aliphatic carbocycles. The van der Waals surface area contributed by atoms with Crippen LogP contribution in [0.4, 0.5) is 0 Å². The molecule has 0 spiro atoms. The van der Waals surface area contributed by atoms with Crippen molar-refractivity contribution in [2.24, 2.45) is 4.99 Å². The average Bonchev–Trinajstić information content (AvgIpc) is 2.58. The van der Waals surface area contributed by atoms with Crippen LogP contribution in [0.5, 0.6) is 0 Å². The van der Waals surface area contributed by atoms with Crippen molar-refractivity contribution in [2.45, 2.75) is 45.2 Å². The smallest absolute Gasteiger partial charge is 0.224 e. The minimum atomic E-state index is 0. The molecule has 1 fully saturated rings. The molecule has 1 atom stereocenters. The van der Waals surface area contributed by atoms with Gasteiger partial charge in [-0.1, -0.05) is 23.7 Å². The number of likely N-dealkylation sites (tertiary alicyclic amines) is 1. The second-order valence-electron chi connectivity index (χ2n) is 6.16. The van der Waals surface area contributed by atoms with Gasteiger partial charge in [0.2, 0.25) is 5.91 Å². The van der Waals surface area contributed by atoms with Crippen LogP contribution < -0.4 is 10.6 Å². The second kappa shape index (κ2) is 11.6.